The van der Waals surface area contributed by atoms with E-state index >= 15 is 0 Å². The summed E-state index contributed by atoms with van der Waals surface area (Å²) in [6.07, 6.45) is 2.55. The molecule has 0 aromatic carbocycles. The first-order valence-electron chi connectivity index (χ1n) is 5.58. The number of nitrogens with zero attached hydrogens (tertiary/aromatic N) is 1. The lowest BCUT2D eigenvalue weighted by atomic mass is 9.90. The Kier molecular flexibility index (Phi) is 4.20. The van der Waals surface area contributed by atoms with E-state index in [-0.39, 0.29) is 0 Å². The first kappa shape index (κ1) is 11.0. The molecular formula is C11H24N2. The summed E-state index contributed by atoms with van der Waals surface area (Å²) in [6.45, 7) is 9.33. The van der Waals surface area contributed by atoms with Crippen molar-refractivity contribution in [2.24, 2.45) is 5.92 Å². The third-order valence-electron chi connectivity index (χ3n) is 3.27. The topological polar surface area (TPSA) is 15.3 Å². The van der Waals surface area contributed by atoms with Crippen molar-refractivity contribution in [1.82, 2.24) is 10.2 Å². The van der Waals surface area contributed by atoms with E-state index in [4.69, 9.17) is 0 Å². The molecule has 1 aliphatic rings. The zero-order valence-corrected chi connectivity index (χ0v) is 9.51. The molecule has 1 saturated heterocycles. The fraction of sp³-hybridized carbons (Fsp3) is 1.00. The average Bonchev–Trinajstić information content (AvgIpc) is 2.09. The molecule has 0 radical (unpaired) electrons. The minimum absolute atomic E-state index is 0.741. The maximum absolute atomic E-state index is 3.65. The van der Waals surface area contributed by atoms with Gasteiger partial charge in [0.25, 0.3) is 0 Å². The van der Waals surface area contributed by atoms with Crippen LogP contribution in [0.5, 0.6) is 0 Å². The SMILES string of the molecule is CCCNC1CC(C)N(C)CC1C. The normalized spacial score (nSPS) is 36.5. The van der Waals surface area contributed by atoms with Crippen LogP contribution in [0, 0.1) is 5.92 Å². The van der Waals surface area contributed by atoms with Crippen LogP contribution >= 0.6 is 0 Å². The van der Waals surface area contributed by atoms with Gasteiger partial charge in [-0.1, -0.05) is 13.8 Å². The second kappa shape index (κ2) is 4.97. The summed E-state index contributed by atoms with van der Waals surface area (Å²) in [4.78, 5) is 2.47. The van der Waals surface area contributed by atoms with Gasteiger partial charge in [-0.2, -0.15) is 0 Å². The van der Waals surface area contributed by atoms with Crippen LogP contribution in [0.3, 0.4) is 0 Å². The van der Waals surface area contributed by atoms with Gasteiger partial charge in [-0.3, -0.25) is 0 Å². The Labute approximate surface area is 82.7 Å². The minimum Gasteiger partial charge on any atom is -0.314 e. The molecule has 1 heterocycles. The number of likely N-dealkylation sites (tertiary alicyclic amines) is 1. The van der Waals surface area contributed by atoms with Crippen molar-refractivity contribution >= 4 is 0 Å². The van der Waals surface area contributed by atoms with E-state index in [1.165, 1.54) is 25.9 Å². The molecule has 0 spiro atoms. The molecule has 1 N–H and O–H groups in total. The Morgan fingerprint density at radius 3 is 2.69 bits per heavy atom. The van der Waals surface area contributed by atoms with Crippen LogP contribution in [0.2, 0.25) is 0 Å². The van der Waals surface area contributed by atoms with Crippen molar-refractivity contribution in [1.29, 1.82) is 0 Å². The molecule has 1 rings (SSSR count). The van der Waals surface area contributed by atoms with E-state index in [1.807, 2.05) is 0 Å². The lowest BCUT2D eigenvalue weighted by molar-refractivity contribution is 0.122. The predicted octanol–water partition coefficient (Wildman–Crippen LogP) is 1.71. The van der Waals surface area contributed by atoms with Crippen molar-refractivity contribution in [2.75, 3.05) is 20.1 Å². The Morgan fingerprint density at radius 1 is 1.38 bits per heavy atom. The third kappa shape index (κ3) is 2.96. The molecule has 2 heteroatoms. The number of hydrogen-bond donors (Lipinski definition) is 1. The Bertz CT molecular complexity index is 147. The highest BCUT2D eigenvalue weighted by Crippen LogP contribution is 2.20. The molecule has 3 atom stereocenters. The number of rotatable bonds is 3. The van der Waals surface area contributed by atoms with Crippen molar-refractivity contribution < 1.29 is 0 Å². The summed E-state index contributed by atoms with van der Waals surface area (Å²) >= 11 is 0. The van der Waals surface area contributed by atoms with Crippen LogP contribution in [0.25, 0.3) is 0 Å². The minimum atomic E-state index is 0.741. The highest BCUT2D eigenvalue weighted by molar-refractivity contribution is 4.85. The largest absolute Gasteiger partial charge is 0.314 e. The second-order valence-corrected chi connectivity index (χ2v) is 4.56. The lowest BCUT2D eigenvalue weighted by Gasteiger charge is -2.40. The maximum Gasteiger partial charge on any atom is 0.0120 e. The van der Waals surface area contributed by atoms with E-state index in [0.717, 1.165) is 18.0 Å². The van der Waals surface area contributed by atoms with E-state index in [0.29, 0.717) is 0 Å². The Hall–Kier alpha value is -0.0800. The predicted molar refractivity (Wildman–Crippen MR) is 58.0 cm³/mol. The fourth-order valence-electron chi connectivity index (χ4n) is 2.16. The number of hydrogen-bond acceptors (Lipinski definition) is 2. The van der Waals surface area contributed by atoms with Crippen LogP contribution in [0.1, 0.15) is 33.6 Å². The summed E-state index contributed by atoms with van der Waals surface area (Å²) in [5.74, 6) is 0.799. The van der Waals surface area contributed by atoms with Gasteiger partial charge in [0.2, 0.25) is 0 Å². The standard InChI is InChI=1S/C11H24N2/c1-5-6-12-11-7-10(3)13(4)8-9(11)2/h9-12H,5-8H2,1-4H3. The third-order valence-corrected chi connectivity index (χ3v) is 3.27. The van der Waals surface area contributed by atoms with Gasteiger partial charge in [0.1, 0.15) is 0 Å². The molecule has 2 nitrogen and oxygen atoms in total. The molecular weight excluding hydrogens is 160 g/mol. The molecule has 3 unspecified atom stereocenters. The number of piperidine rings is 1. The van der Waals surface area contributed by atoms with Crippen molar-refractivity contribution in [2.45, 2.75) is 45.7 Å². The van der Waals surface area contributed by atoms with Crippen LogP contribution < -0.4 is 5.32 Å². The van der Waals surface area contributed by atoms with Crippen LogP contribution in [0.15, 0.2) is 0 Å². The van der Waals surface area contributed by atoms with E-state index in [9.17, 15) is 0 Å². The summed E-state index contributed by atoms with van der Waals surface area (Å²) in [7, 11) is 2.23. The van der Waals surface area contributed by atoms with Gasteiger partial charge in [0.05, 0.1) is 0 Å². The van der Waals surface area contributed by atoms with Gasteiger partial charge in [0, 0.05) is 18.6 Å². The second-order valence-electron chi connectivity index (χ2n) is 4.56. The van der Waals surface area contributed by atoms with Gasteiger partial charge in [-0.05, 0) is 39.3 Å². The highest BCUT2D eigenvalue weighted by atomic mass is 15.2. The zero-order chi connectivity index (χ0) is 9.84. The Morgan fingerprint density at radius 2 is 2.08 bits per heavy atom. The maximum atomic E-state index is 3.65. The average molecular weight is 184 g/mol. The molecule has 1 aliphatic heterocycles. The molecule has 0 amide bonds. The van der Waals surface area contributed by atoms with Crippen LogP contribution in [-0.4, -0.2) is 37.1 Å². The van der Waals surface area contributed by atoms with Crippen molar-refractivity contribution in [3.63, 3.8) is 0 Å². The van der Waals surface area contributed by atoms with Gasteiger partial charge in [-0.25, -0.2) is 0 Å². The van der Waals surface area contributed by atoms with Gasteiger partial charge in [-0.15, -0.1) is 0 Å². The van der Waals surface area contributed by atoms with Gasteiger partial charge >= 0.3 is 0 Å². The van der Waals surface area contributed by atoms with E-state index < -0.39 is 0 Å². The van der Waals surface area contributed by atoms with Crippen LogP contribution in [-0.2, 0) is 0 Å². The zero-order valence-electron chi connectivity index (χ0n) is 9.51. The molecule has 0 saturated carbocycles. The quantitative estimate of drug-likeness (QED) is 0.718. The summed E-state index contributed by atoms with van der Waals surface area (Å²) in [5.41, 5.74) is 0. The summed E-state index contributed by atoms with van der Waals surface area (Å²) in [5, 5.41) is 3.65. The molecule has 0 aromatic rings. The van der Waals surface area contributed by atoms with Crippen LogP contribution in [0.4, 0.5) is 0 Å². The molecule has 1 fully saturated rings. The fourth-order valence-corrected chi connectivity index (χ4v) is 2.16. The first-order valence-corrected chi connectivity index (χ1v) is 5.58. The van der Waals surface area contributed by atoms with Crippen molar-refractivity contribution in [3.05, 3.63) is 0 Å². The summed E-state index contributed by atoms with van der Waals surface area (Å²) in [6, 6.07) is 1.48. The van der Waals surface area contributed by atoms with Gasteiger partial charge in [0.15, 0.2) is 0 Å². The monoisotopic (exact) mass is 184 g/mol. The number of nitrogens with one attached hydrogen (secondary N) is 1. The molecule has 78 valence electrons. The Balaban J connectivity index is 2.37. The van der Waals surface area contributed by atoms with Crippen molar-refractivity contribution in [3.8, 4) is 0 Å². The lowest BCUT2D eigenvalue weighted by Crippen LogP contribution is -2.50. The highest BCUT2D eigenvalue weighted by Gasteiger charge is 2.27. The summed E-state index contributed by atoms with van der Waals surface area (Å²) < 4.78 is 0. The van der Waals surface area contributed by atoms with Gasteiger partial charge < -0.3 is 10.2 Å². The van der Waals surface area contributed by atoms with E-state index in [1.54, 1.807) is 0 Å². The molecule has 0 aliphatic carbocycles. The van der Waals surface area contributed by atoms with E-state index in [2.05, 4.69) is 38.0 Å². The molecule has 0 aromatic heterocycles. The molecule has 0 bridgehead atoms. The molecule has 13 heavy (non-hydrogen) atoms. The first-order chi connectivity index (χ1) is 6.15. The smallest absolute Gasteiger partial charge is 0.0120 e.